The average Bonchev–Trinajstić information content (AvgIpc) is 2.82. The highest BCUT2D eigenvalue weighted by atomic mass is 35.5. The first-order valence-electron chi connectivity index (χ1n) is 10.5. The van der Waals surface area contributed by atoms with E-state index in [1.54, 1.807) is 14.0 Å². The van der Waals surface area contributed by atoms with Gasteiger partial charge >= 0.3 is 6.61 Å². The molecular weight excluding hydrogens is 503 g/mol. The van der Waals surface area contributed by atoms with Crippen molar-refractivity contribution in [3.63, 3.8) is 0 Å². The number of hydrogen-bond acceptors (Lipinski definition) is 6. The number of carbonyl (C=O) groups is 1. The summed E-state index contributed by atoms with van der Waals surface area (Å²) in [5.74, 6) is 0.0240. The van der Waals surface area contributed by atoms with Crippen molar-refractivity contribution in [2.24, 2.45) is 0 Å². The number of nitrogens with zero attached hydrogens (tertiary/aromatic N) is 2. The van der Waals surface area contributed by atoms with Crippen LogP contribution >= 0.6 is 23.2 Å². The van der Waals surface area contributed by atoms with Crippen LogP contribution in [-0.4, -0.2) is 37.3 Å². The lowest BCUT2D eigenvalue weighted by molar-refractivity contribution is -0.0521. The molecule has 1 aliphatic rings. The molecule has 35 heavy (non-hydrogen) atoms. The molecule has 0 unspecified atom stereocenters. The van der Waals surface area contributed by atoms with Crippen molar-refractivity contribution in [2.45, 2.75) is 26.2 Å². The van der Waals surface area contributed by atoms with Gasteiger partial charge in [0.25, 0.3) is 5.91 Å². The van der Waals surface area contributed by atoms with Crippen molar-refractivity contribution in [3.05, 3.63) is 70.0 Å². The molecule has 1 aromatic heterocycles. The number of rotatable bonds is 7. The second-order valence-electron chi connectivity index (χ2n) is 7.76. The summed E-state index contributed by atoms with van der Waals surface area (Å²) < 4.78 is 42.0. The zero-order chi connectivity index (χ0) is 25.1. The quantitative estimate of drug-likeness (QED) is 0.407. The van der Waals surface area contributed by atoms with Crippen molar-refractivity contribution >= 4 is 40.5 Å². The third kappa shape index (κ3) is 5.52. The number of benzene rings is 2. The number of anilines is 2. The maximum absolute atomic E-state index is 13.4. The van der Waals surface area contributed by atoms with Crippen molar-refractivity contribution in [1.29, 1.82) is 0 Å². The number of nitrogens with one attached hydrogen (secondary N) is 1. The smallest absolute Gasteiger partial charge is 0.387 e. The maximum Gasteiger partial charge on any atom is 0.387 e. The van der Waals surface area contributed by atoms with Crippen molar-refractivity contribution < 1.29 is 27.8 Å². The largest absolute Gasteiger partial charge is 0.497 e. The lowest BCUT2D eigenvalue weighted by Gasteiger charge is -2.37. The molecule has 7 nitrogen and oxygen atoms in total. The normalized spacial score (nSPS) is 14.8. The lowest BCUT2D eigenvalue weighted by Crippen LogP contribution is -2.39. The zero-order valence-corrected chi connectivity index (χ0v) is 20.2. The summed E-state index contributed by atoms with van der Waals surface area (Å²) >= 11 is 12.3. The number of halogens is 4. The number of alkyl halides is 2. The van der Waals surface area contributed by atoms with Crippen LogP contribution in [0.25, 0.3) is 0 Å². The average molecular weight is 524 g/mol. The minimum atomic E-state index is -3.07. The third-order valence-electron chi connectivity index (χ3n) is 5.29. The Kier molecular flexibility index (Phi) is 7.47. The number of fused-ring (bicyclic) bond motifs is 1. The van der Waals surface area contributed by atoms with Crippen molar-refractivity contribution in [2.75, 3.05) is 23.9 Å². The standard InChI is InChI=1S/C24H21Cl2F2N3O4/c1-13-11-31(12-14-3-5-15(33-2)6-4-14)21-16(7-8-19(22(21)34-13)35-24(27)28)23(32)30-20-17(25)9-29-10-18(20)26/h3-10,13,24H,11-12H2,1-2H3,(H,29,30,32)/t13-/m1/s1. The first kappa shape index (κ1) is 24.8. The van der Waals surface area contributed by atoms with E-state index in [9.17, 15) is 13.6 Å². The Labute approximate surface area is 210 Å². The van der Waals surface area contributed by atoms with E-state index in [4.69, 9.17) is 37.4 Å². The summed E-state index contributed by atoms with van der Waals surface area (Å²) in [5.41, 5.74) is 1.58. The minimum absolute atomic E-state index is 0.0529. The Balaban J connectivity index is 1.77. The molecule has 0 spiro atoms. The molecule has 11 heteroatoms. The summed E-state index contributed by atoms with van der Waals surface area (Å²) in [5, 5.41) is 2.99. The molecule has 3 aromatic rings. The number of pyridine rings is 1. The number of amides is 1. The molecule has 184 valence electrons. The van der Waals surface area contributed by atoms with Gasteiger partial charge in [0.2, 0.25) is 0 Å². The topological polar surface area (TPSA) is 72.9 Å². The highest BCUT2D eigenvalue weighted by Gasteiger charge is 2.32. The molecule has 0 radical (unpaired) electrons. The molecule has 1 atom stereocenters. The molecule has 4 rings (SSSR count). The summed E-state index contributed by atoms with van der Waals surface area (Å²) in [6.45, 7) is -0.489. The third-order valence-corrected chi connectivity index (χ3v) is 5.87. The molecule has 1 N–H and O–H groups in total. The second-order valence-corrected chi connectivity index (χ2v) is 8.57. The van der Waals surface area contributed by atoms with Gasteiger partial charge in [-0.2, -0.15) is 8.78 Å². The zero-order valence-electron chi connectivity index (χ0n) is 18.7. The number of methoxy groups -OCH3 is 1. The van der Waals surface area contributed by atoms with Crippen LogP contribution in [0.15, 0.2) is 48.8 Å². The van der Waals surface area contributed by atoms with E-state index in [0.717, 1.165) is 5.56 Å². The summed E-state index contributed by atoms with van der Waals surface area (Å²) in [7, 11) is 1.58. The minimum Gasteiger partial charge on any atom is -0.497 e. The van der Waals surface area contributed by atoms with Crippen molar-refractivity contribution in [1.82, 2.24) is 4.98 Å². The van der Waals surface area contributed by atoms with E-state index in [1.807, 2.05) is 29.2 Å². The number of hydrogen-bond donors (Lipinski definition) is 1. The SMILES string of the molecule is COc1ccc(CN2C[C@@H](C)Oc3c(OC(F)F)ccc(C(=O)Nc4c(Cl)cncc4Cl)c32)cc1. The van der Waals surface area contributed by atoms with Gasteiger partial charge in [-0.15, -0.1) is 0 Å². The molecule has 0 bridgehead atoms. The van der Waals surface area contributed by atoms with Gasteiger partial charge < -0.3 is 24.4 Å². The van der Waals surface area contributed by atoms with Gasteiger partial charge in [-0.3, -0.25) is 9.78 Å². The van der Waals surface area contributed by atoms with Crippen LogP contribution in [0.2, 0.25) is 10.0 Å². The van der Waals surface area contributed by atoms with E-state index in [-0.39, 0.29) is 38.9 Å². The predicted molar refractivity (Wildman–Crippen MR) is 129 cm³/mol. The fraction of sp³-hybridized carbons (Fsp3) is 0.250. The first-order chi connectivity index (χ1) is 16.8. The molecule has 1 aliphatic heterocycles. The molecule has 2 aromatic carbocycles. The van der Waals surface area contributed by atoms with Gasteiger partial charge in [0, 0.05) is 18.9 Å². The molecule has 0 saturated heterocycles. The molecular formula is C24H21Cl2F2N3O4. The Morgan fingerprint density at radius 3 is 2.51 bits per heavy atom. The van der Waals surface area contributed by atoms with Gasteiger partial charge in [0.15, 0.2) is 11.5 Å². The lowest BCUT2D eigenvalue weighted by atomic mass is 10.0. The van der Waals surface area contributed by atoms with Gasteiger partial charge in [-0.25, -0.2) is 0 Å². The Hall–Kier alpha value is -3.30. The van der Waals surface area contributed by atoms with Gasteiger partial charge in [-0.1, -0.05) is 35.3 Å². The summed E-state index contributed by atoms with van der Waals surface area (Å²) in [6.07, 6.45) is 2.33. The number of carbonyl (C=O) groups excluding carboxylic acids is 1. The van der Waals surface area contributed by atoms with Gasteiger partial charge in [0.1, 0.15) is 11.9 Å². The van der Waals surface area contributed by atoms with Crippen LogP contribution in [0.3, 0.4) is 0 Å². The van der Waals surface area contributed by atoms with Crippen LogP contribution in [-0.2, 0) is 6.54 Å². The van der Waals surface area contributed by atoms with Crippen LogP contribution < -0.4 is 24.4 Å². The molecule has 0 fully saturated rings. The van der Waals surface area contributed by atoms with E-state index < -0.39 is 12.5 Å². The molecule has 0 aliphatic carbocycles. The first-order valence-corrected chi connectivity index (χ1v) is 11.3. The monoisotopic (exact) mass is 523 g/mol. The highest BCUT2D eigenvalue weighted by Crippen LogP contribution is 2.45. The van der Waals surface area contributed by atoms with Gasteiger partial charge in [-0.05, 0) is 36.8 Å². The van der Waals surface area contributed by atoms with E-state index in [2.05, 4.69) is 10.3 Å². The molecule has 2 heterocycles. The molecule has 1 amide bonds. The Morgan fingerprint density at radius 1 is 1.20 bits per heavy atom. The van der Waals surface area contributed by atoms with Gasteiger partial charge in [0.05, 0.1) is 40.6 Å². The maximum atomic E-state index is 13.4. The van der Waals surface area contributed by atoms with E-state index in [0.29, 0.717) is 24.5 Å². The number of ether oxygens (including phenoxy) is 3. The van der Waals surface area contributed by atoms with Crippen molar-refractivity contribution in [3.8, 4) is 17.2 Å². The summed E-state index contributed by atoms with van der Waals surface area (Å²) in [6, 6.07) is 10.1. The summed E-state index contributed by atoms with van der Waals surface area (Å²) in [4.78, 5) is 19.1. The fourth-order valence-corrected chi connectivity index (χ4v) is 4.26. The van der Waals surface area contributed by atoms with Crippen LogP contribution in [0, 0.1) is 0 Å². The van der Waals surface area contributed by atoms with Crippen LogP contribution in [0.4, 0.5) is 20.2 Å². The van der Waals surface area contributed by atoms with Crippen LogP contribution in [0.5, 0.6) is 17.2 Å². The second kappa shape index (κ2) is 10.5. The fourth-order valence-electron chi connectivity index (χ4n) is 3.80. The predicted octanol–water partition coefficient (Wildman–Crippen LogP) is 6.04. The van der Waals surface area contributed by atoms with E-state index in [1.165, 1.54) is 24.5 Å². The van der Waals surface area contributed by atoms with Crippen LogP contribution in [0.1, 0.15) is 22.8 Å². The Bertz CT molecular complexity index is 1210. The Morgan fingerprint density at radius 2 is 1.89 bits per heavy atom. The highest BCUT2D eigenvalue weighted by molar-refractivity contribution is 6.39. The van der Waals surface area contributed by atoms with E-state index >= 15 is 0 Å². The molecule has 0 saturated carbocycles. The number of aromatic nitrogens is 1.